The predicted molar refractivity (Wildman–Crippen MR) is 208 cm³/mol. The van der Waals surface area contributed by atoms with Gasteiger partial charge < -0.3 is 4.42 Å². The summed E-state index contributed by atoms with van der Waals surface area (Å²) in [4.78, 5) is 0. The summed E-state index contributed by atoms with van der Waals surface area (Å²) in [7, 11) is 0. The average Bonchev–Trinajstić information content (AvgIpc) is 3.62. The van der Waals surface area contributed by atoms with Crippen LogP contribution >= 0.6 is 0 Å². The molecule has 228 valence electrons. The molecule has 49 heavy (non-hydrogen) atoms. The lowest BCUT2D eigenvalue weighted by molar-refractivity contribution is 0.669. The Labute approximate surface area is 297 Å². The van der Waals surface area contributed by atoms with Gasteiger partial charge in [0.1, 0.15) is 11.2 Å². The molecule has 10 aromatic rings. The maximum Gasteiger partial charge on any atom is 0.136 e. The van der Waals surface area contributed by atoms with Crippen LogP contribution in [0.1, 0.15) is 12.3 Å². The van der Waals surface area contributed by atoms with E-state index in [4.69, 9.17) is 11.3 Å². The number of rotatable bonds is 4. The summed E-state index contributed by atoms with van der Waals surface area (Å²) >= 11 is 0. The molecule has 0 radical (unpaired) electrons. The van der Waals surface area contributed by atoms with Crippen molar-refractivity contribution in [3.63, 3.8) is 0 Å². The monoisotopic (exact) mass is 631 g/mol. The first-order chi connectivity index (χ1) is 28.0. The average molecular weight is 632 g/mol. The zero-order valence-electron chi connectivity index (χ0n) is 35.0. The van der Waals surface area contributed by atoms with Gasteiger partial charge in [-0.05, 0) is 101 Å². The van der Waals surface area contributed by atoms with Gasteiger partial charge in [0, 0.05) is 10.8 Å². The first kappa shape index (κ1) is 20.0. The molecule has 1 nitrogen and oxygen atoms in total. The minimum absolute atomic E-state index is 0.0978. The molecule has 0 atom stereocenters. The van der Waals surface area contributed by atoms with Gasteiger partial charge in [0.15, 0.2) is 0 Å². The van der Waals surface area contributed by atoms with Gasteiger partial charge in [-0.25, -0.2) is 0 Å². The highest BCUT2D eigenvalue weighted by molar-refractivity contribution is 6.25. The Kier molecular flexibility index (Phi) is 4.53. The molecule has 0 spiro atoms. The van der Waals surface area contributed by atoms with Crippen LogP contribution in [-0.2, 0) is 0 Å². The Hall–Kier alpha value is -6.44. The third kappa shape index (κ3) is 4.47. The van der Waals surface area contributed by atoms with Crippen molar-refractivity contribution in [1.82, 2.24) is 0 Å². The highest BCUT2D eigenvalue weighted by Gasteiger charge is 2.20. The summed E-state index contributed by atoms with van der Waals surface area (Å²) in [6, 6.07) is 38.1. The zero-order valence-corrected chi connectivity index (χ0v) is 26.0. The van der Waals surface area contributed by atoms with Crippen molar-refractivity contribution in [3.05, 3.63) is 182 Å². The number of hydrogen-bond acceptors (Lipinski definition) is 1. The van der Waals surface area contributed by atoms with Crippen LogP contribution in [0.4, 0.5) is 0 Å². The first-order valence-electron chi connectivity index (χ1n) is 20.6. The lowest BCUT2D eigenvalue weighted by atomic mass is 9.84. The molecule has 10 rings (SSSR count). The van der Waals surface area contributed by atoms with E-state index < -0.39 is 18.1 Å². The van der Waals surface area contributed by atoms with Crippen molar-refractivity contribution in [2.75, 3.05) is 0 Å². The summed E-state index contributed by atoms with van der Waals surface area (Å²) in [5.74, 6) is 0. The molecule has 0 saturated carbocycles. The minimum Gasteiger partial charge on any atom is -0.456 e. The van der Waals surface area contributed by atoms with E-state index >= 15 is 0 Å². The Balaban J connectivity index is 1.22. The van der Waals surface area contributed by atoms with E-state index in [2.05, 4.69) is 0 Å². The van der Waals surface area contributed by atoms with E-state index in [-0.39, 0.29) is 52.9 Å². The van der Waals surface area contributed by atoms with E-state index in [1.54, 1.807) is 12.1 Å². The zero-order chi connectivity index (χ0) is 40.1. The lowest BCUT2D eigenvalue weighted by Crippen LogP contribution is -1.91. The summed E-state index contributed by atoms with van der Waals surface area (Å²) in [5, 5.41) is 6.82. The second kappa shape index (κ2) is 11.1. The molecule has 0 amide bonds. The normalized spacial score (nSPS) is 14.2. The maximum absolute atomic E-state index is 9.45. The Morgan fingerprint density at radius 1 is 0.367 bits per heavy atom. The van der Waals surface area contributed by atoms with Crippen molar-refractivity contribution in [2.45, 2.75) is 0 Å². The number of fused-ring (bicyclic) bond motifs is 6. The van der Waals surface area contributed by atoms with Crippen LogP contribution in [0, 0.1) is 0 Å². The summed E-state index contributed by atoms with van der Waals surface area (Å²) in [5.41, 5.74) is 5.13. The minimum atomic E-state index is -0.449. The SMILES string of the molecule is [2H]c1c([2H])c([2H])c(-c2ccc3c(c2)oc2cccc(-c4c5ccccc5c(-c5c([2H])c([2H])c(-c6ccc7ccccc7c6)c([2H])c5[2H])c5ccccc45)c23)c([2H])c1[2H]. The second-order valence-electron chi connectivity index (χ2n) is 12.1. The first-order valence-corrected chi connectivity index (χ1v) is 16.1. The number of furan rings is 1. The molecule has 0 N–H and O–H groups in total. The van der Waals surface area contributed by atoms with E-state index in [9.17, 15) is 5.48 Å². The predicted octanol–water partition coefficient (Wildman–Crippen LogP) is 13.7. The second-order valence-corrected chi connectivity index (χ2v) is 12.1. The van der Waals surface area contributed by atoms with Crippen molar-refractivity contribution < 1.29 is 16.8 Å². The third-order valence-corrected chi connectivity index (χ3v) is 9.40. The van der Waals surface area contributed by atoms with Gasteiger partial charge in [-0.15, -0.1) is 0 Å². The molecular weight excluding hydrogens is 593 g/mol. The van der Waals surface area contributed by atoms with Crippen LogP contribution in [0.25, 0.3) is 98.8 Å². The standard InChI is InChI=1S/C48H30O/c1-2-11-31(12-3-1)37-27-28-42-45(30-37)49-44-20-10-19-43(48(42)44)47-40-17-8-6-15-38(40)46(39-16-7-9-18-41(39)47)34-24-21-33(22-25-34)36-26-23-32-13-4-5-14-35(32)29-36/h1-30H/i1D,2D,3D,11D,12D,21D,22D,24D,25D. The van der Waals surface area contributed by atoms with E-state index in [1.807, 2.05) is 115 Å². The van der Waals surface area contributed by atoms with Crippen LogP contribution in [0.2, 0.25) is 0 Å². The van der Waals surface area contributed by atoms with Crippen molar-refractivity contribution in [1.29, 1.82) is 0 Å². The summed E-state index contributed by atoms with van der Waals surface area (Å²) in [6.45, 7) is 0. The molecule has 1 heterocycles. The van der Waals surface area contributed by atoms with E-state index in [1.165, 1.54) is 0 Å². The Bertz CT molecular complexity index is 3290. The highest BCUT2D eigenvalue weighted by atomic mass is 16.3. The molecule has 0 aliphatic carbocycles. The molecule has 0 unspecified atom stereocenters. The third-order valence-electron chi connectivity index (χ3n) is 9.40. The molecule has 1 heteroatoms. The quantitative estimate of drug-likeness (QED) is 0.176. The van der Waals surface area contributed by atoms with Gasteiger partial charge in [0.2, 0.25) is 0 Å². The van der Waals surface area contributed by atoms with Gasteiger partial charge in [-0.1, -0.05) is 158 Å². The fourth-order valence-corrected chi connectivity index (χ4v) is 7.20. The fraction of sp³-hybridized carbons (Fsp3) is 0. The Morgan fingerprint density at radius 3 is 1.69 bits per heavy atom. The van der Waals surface area contributed by atoms with E-state index in [0.29, 0.717) is 27.9 Å². The van der Waals surface area contributed by atoms with Crippen LogP contribution in [-0.4, -0.2) is 0 Å². The molecule has 0 aliphatic rings. The molecule has 0 saturated heterocycles. The highest BCUT2D eigenvalue weighted by Crippen LogP contribution is 2.47. The van der Waals surface area contributed by atoms with Crippen LogP contribution in [0.3, 0.4) is 0 Å². The Morgan fingerprint density at radius 2 is 0.959 bits per heavy atom. The molecule has 0 fully saturated rings. The van der Waals surface area contributed by atoms with Gasteiger partial charge in [-0.3, -0.25) is 0 Å². The molecule has 9 aromatic carbocycles. The van der Waals surface area contributed by atoms with Crippen molar-refractivity contribution in [2.24, 2.45) is 0 Å². The molecule has 0 aliphatic heterocycles. The van der Waals surface area contributed by atoms with E-state index in [0.717, 1.165) is 54.2 Å². The van der Waals surface area contributed by atoms with Gasteiger partial charge in [-0.2, -0.15) is 0 Å². The van der Waals surface area contributed by atoms with Crippen LogP contribution in [0.5, 0.6) is 0 Å². The summed E-state index contributed by atoms with van der Waals surface area (Å²) in [6.07, 6.45) is 0. The molecular formula is C48H30O. The largest absolute Gasteiger partial charge is 0.456 e. The van der Waals surface area contributed by atoms with Gasteiger partial charge in [0.05, 0.1) is 12.3 Å². The fourth-order valence-electron chi connectivity index (χ4n) is 7.20. The topological polar surface area (TPSA) is 13.1 Å². The number of hydrogen-bond donors (Lipinski definition) is 0. The van der Waals surface area contributed by atoms with Crippen LogP contribution in [0.15, 0.2) is 186 Å². The summed E-state index contributed by atoms with van der Waals surface area (Å²) < 4.78 is 85.5. The number of benzene rings is 9. The van der Waals surface area contributed by atoms with Gasteiger partial charge in [0.25, 0.3) is 0 Å². The molecule has 0 bridgehead atoms. The molecule has 1 aromatic heterocycles. The maximum atomic E-state index is 9.45. The van der Waals surface area contributed by atoms with Crippen molar-refractivity contribution in [3.8, 4) is 44.5 Å². The van der Waals surface area contributed by atoms with Crippen LogP contribution < -0.4 is 0 Å². The lowest BCUT2D eigenvalue weighted by Gasteiger charge is -2.18. The van der Waals surface area contributed by atoms with Crippen molar-refractivity contribution >= 4 is 54.3 Å². The van der Waals surface area contributed by atoms with Gasteiger partial charge >= 0.3 is 0 Å². The smallest absolute Gasteiger partial charge is 0.136 e.